The van der Waals surface area contributed by atoms with E-state index in [4.69, 9.17) is 0 Å². The fraction of sp³-hybridized carbons (Fsp3) is 0.105. The zero-order valence-electron chi connectivity index (χ0n) is 14.9. The van der Waals surface area contributed by atoms with Crippen LogP contribution in [-0.2, 0) is 0 Å². The molecule has 0 radical (unpaired) electrons. The lowest BCUT2D eigenvalue weighted by molar-refractivity contribution is 0.252. The van der Waals surface area contributed by atoms with Crippen molar-refractivity contribution in [1.82, 2.24) is 25.3 Å². The van der Waals surface area contributed by atoms with E-state index in [1.807, 2.05) is 37.3 Å². The van der Waals surface area contributed by atoms with Crippen LogP contribution in [0, 0.1) is 3.57 Å². The molecule has 28 heavy (non-hydrogen) atoms. The zero-order valence-corrected chi connectivity index (χ0v) is 17.1. The molecule has 9 heteroatoms. The summed E-state index contributed by atoms with van der Waals surface area (Å²) in [4.78, 5) is 29.5. The van der Waals surface area contributed by atoms with Gasteiger partial charge in [-0.15, -0.1) is 0 Å². The number of pyridine rings is 2. The van der Waals surface area contributed by atoms with Crippen LogP contribution in [0.3, 0.4) is 0 Å². The summed E-state index contributed by atoms with van der Waals surface area (Å²) in [5, 5.41) is 9.61. The minimum absolute atomic E-state index is 0.313. The van der Waals surface area contributed by atoms with Gasteiger partial charge in [0.1, 0.15) is 17.2 Å². The van der Waals surface area contributed by atoms with Crippen molar-refractivity contribution in [3.05, 3.63) is 52.2 Å². The lowest BCUT2D eigenvalue weighted by Crippen LogP contribution is -2.28. The highest BCUT2D eigenvalue weighted by molar-refractivity contribution is 14.1. The number of halogens is 1. The average Bonchev–Trinajstić information content (AvgIpc) is 2.68. The van der Waals surface area contributed by atoms with E-state index in [1.165, 1.54) is 0 Å². The summed E-state index contributed by atoms with van der Waals surface area (Å²) >= 11 is 2.29. The molecule has 0 bridgehead atoms. The van der Waals surface area contributed by atoms with Crippen LogP contribution in [0.2, 0.25) is 0 Å². The Labute approximate surface area is 174 Å². The van der Waals surface area contributed by atoms with E-state index >= 15 is 0 Å². The fourth-order valence-electron chi connectivity index (χ4n) is 2.68. The number of amides is 2. The summed E-state index contributed by atoms with van der Waals surface area (Å²) in [7, 11) is 0. The first-order valence-corrected chi connectivity index (χ1v) is 9.71. The summed E-state index contributed by atoms with van der Waals surface area (Å²) in [5.41, 5.74) is 1.96. The summed E-state index contributed by atoms with van der Waals surface area (Å²) < 4.78 is 1.09. The van der Waals surface area contributed by atoms with E-state index in [0.717, 1.165) is 14.5 Å². The minimum Gasteiger partial charge on any atom is -0.338 e. The monoisotopic (exact) mass is 485 g/mol. The number of fused-ring (bicyclic) bond motifs is 2. The highest BCUT2D eigenvalue weighted by Gasteiger charge is 2.08. The number of aromatic nitrogens is 4. The average molecular weight is 485 g/mol. The van der Waals surface area contributed by atoms with Gasteiger partial charge < -0.3 is 10.6 Å². The van der Waals surface area contributed by atoms with Crippen molar-refractivity contribution in [2.24, 2.45) is 0 Å². The van der Waals surface area contributed by atoms with Crippen molar-refractivity contribution in [2.45, 2.75) is 6.92 Å². The molecule has 4 aromatic rings. The van der Waals surface area contributed by atoms with Crippen LogP contribution in [0.1, 0.15) is 6.92 Å². The first-order valence-electron chi connectivity index (χ1n) is 8.63. The lowest BCUT2D eigenvalue weighted by atomic mass is 10.2. The van der Waals surface area contributed by atoms with E-state index in [0.29, 0.717) is 35.2 Å². The number of hydrogen-bond donors (Lipinski definition) is 3. The number of hydrogen-bond acceptors (Lipinski definition) is 6. The van der Waals surface area contributed by atoms with Crippen LogP contribution in [0.25, 0.3) is 22.1 Å². The Morgan fingerprint density at radius 1 is 1.00 bits per heavy atom. The minimum atomic E-state index is -0.313. The maximum atomic E-state index is 11.7. The Kier molecular flexibility index (Phi) is 5.15. The van der Waals surface area contributed by atoms with Gasteiger partial charge in [0.2, 0.25) is 0 Å². The molecule has 8 nitrogen and oxygen atoms in total. The molecule has 0 fully saturated rings. The van der Waals surface area contributed by atoms with Crippen molar-refractivity contribution < 1.29 is 4.79 Å². The Morgan fingerprint density at radius 2 is 1.82 bits per heavy atom. The maximum absolute atomic E-state index is 11.7. The van der Waals surface area contributed by atoms with Gasteiger partial charge in [-0.1, -0.05) is 18.2 Å². The molecular formula is C19H16IN7O. The normalized spacial score (nSPS) is 10.8. The molecule has 0 atom stereocenters. The van der Waals surface area contributed by atoms with Crippen molar-refractivity contribution in [1.29, 1.82) is 0 Å². The highest BCUT2D eigenvalue weighted by atomic mass is 127. The number of nitrogens with zero attached hydrogens (tertiary/aromatic N) is 4. The maximum Gasteiger partial charge on any atom is 0.320 e. The summed E-state index contributed by atoms with van der Waals surface area (Å²) in [5.74, 6) is 1.60. The summed E-state index contributed by atoms with van der Waals surface area (Å²) in [6.07, 6.45) is 1.63. The SMILES string of the molecule is CCNC(=O)Nc1ccc2ncc(Nc3cc(I)c4ccccc4n3)nc2n1. The standard InChI is InChI=1S/C19H16IN7O/c1-2-21-19(28)27-15-8-7-14-18(25-15)26-17(10-22-14)24-16-9-12(20)11-5-3-4-6-13(11)23-16/h3-10H,2H2,1H3,(H3,21,23,24,25,26,27,28). The predicted molar refractivity (Wildman–Crippen MR) is 118 cm³/mol. The van der Waals surface area contributed by atoms with E-state index < -0.39 is 0 Å². The van der Waals surface area contributed by atoms with E-state index in [2.05, 4.69) is 58.5 Å². The molecule has 0 aliphatic carbocycles. The molecule has 3 N–H and O–H groups in total. The molecule has 0 saturated heterocycles. The van der Waals surface area contributed by atoms with Gasteiger partial charge in [0.25, 0.3) is 0 Å². The fourth-order valence-corrected chi connectivity index (χ4v) is 3.43. The third-order valence-electron chi connectivity index (χ3n) is 3.91. The number of para-hydroxylation sites is 1. The van der Waals surface area contributed by atoms with Crippen LogP contribution in [0.4, 0.5) is 22.2 Å². The molecule has 0 aliphatic heterocycles. The van der Waals surface area contributed by atoms with E-state index in [9.17, 15) is 4.79 Å². The number of nitrogens with one attached hydrogen (secondary N) is 3. The molecule has 0 aliphatic rings. The van der Waals surface area contributed by atoms with Crippen LogP contribution < -0.4 is 16.0 Å². The second kappa shape index (κ2) is 7.89. The Hall–Kier alpha value is -3.08. The van der Waals surface area contributed by atoms with E-state index in [-0.39, 0.29) is 6.03 Å². The van der Waals surface area contributed by atoms with Crippen LogP contribution in [0.15, 0.2) is 48.7 Å². The molecule has 4 rings (SSSR count). The van der Waals surface area contributed by atoms with Gasteiger partial charge in [0, 0.05) is 15.5 Å². The third kappa shape index (κ3) is 3.93. The first kappa shape index (κ1) is 18.3. The molecule has 1 aromatic carbocycles. The smallest absolute Gasteiger partial charge is 0.320 e. The van der Waals surface area contributed by atoms with Gasteiger partial charge in [-0.05, 0) is 53.8 Å². The molecule has 0 unspecified atom stereocenters. The van der Waals surface area contributed by atoms with Crippen molar-refractivity contribution in [3.8, 4) is 0 Å². The number of carbonyl (C=O) groups excluding carboxylic acids is 1. The van der Waals surface area contributed by atoms with Gasteiger partial charge in [0.05, 0.1) is 11.7 Å². The number of urea groups is 1. The number of benzene rings is 1. The third-order valence-corrected chi connectivity index (χ3v) is 4.80. The number of rotatable bonds is 4. The summed E-state index contributed by atoms with van der Waals surface area (Å²) in [6.45, 7) is 2.38. The molecular weight excluding hydrogens is 469 g/mol. The zero-order chi connectivity index (χ0) is 19.5. The first-order chi connectivity index (χ1) is 13.6. The Bertz CT molecular complexity index is 1180. The summed E-state index contributed by atoms with van der Waals surface area (Å²) in [6, 6.07) is 13.0. The Morgan fingerprint density at radius 3 is 2.68 bits per heavy atom. The van der Waals surface area contributed by atoms with Gasteiger partial charge in [-0.2, -0.15) is 0 Å². The van der Waals surface area contributed by atoms with Crippen molar-refractivity contribution >= 4 is 68.1 Å². The van der Waals surface area contributed by atoms with Crippen LogP contribution in [0.5, 0.6) is 0 Å². The van der Waals surface area contributed by atoms with Crippen LogP contribution in [-0.4, -0.2) is 32.5 Å². The highest BCUT2D eigenvalue weighted by Crippen LogP contribution is 2.24. The van der Waals surface area contributed by atoms with Crippen molar-refractivity contribution in [2.75, 3.05) is 17.2 Å². The Balaban J connectivity index is 1.63. The van der Waals surface area contributed by atoms with Crippen molar-refractivity contribution in [3.63, 3.8) is 0 Å². The second-order valence-electron chi connectivity index (χ2n) is 5.91. The second-order valence-corrected chi connectivity index (χ2v) is 7.07. The molecule has 3 aromatic heterocycles. The number of carbonyl (C=O) groups is 1. The predicted octanol–water partition coefficient (Wildman–Crippen LogP) is 4.06. The van der Waals surface area contributed by atoms with Gasteiger partial charge >= 0.3 is 6.03 Å². The molecule has 2 amide bonds. The van der Waals surface area contributed by atoms with Gasteiger partial charge in [-0.3, -0.25) is 5.32 Å². The molecule has 0 spiro atoms. The lowest BCUT2D eigenvalue weighted by Gasteiger charge is -2.09. The van der Waals surface area contributed by atoms with Gasteiger partial charge in [-0.25, -0.2) is 24.7 Å². The quantitative estimate of drug-likeness (QED) is 0.377. The molecule has 0 saturated carbocycles. The molecule has 3 heterocycles. The molecule has 140 valence electrons. The topological polar surface area (TPSA) is 105 Å². The number of anilines is 3. The largest absolute Gasteiger partial charge is 0.338 e. The van der Waals surface area contributed by atoms with E-state index in [1.54, 1.807) is 18.3 Å². The van der Waals surface area contributed by atoms with Gasteiger partial charge in [0.15, 0.2) is 11.5 Å². The van der Waals surface area contributed by atoms with Crippen LogP contribution >= 0.6 is 22.6 Å².